The number of carbonyl (C=O) groups excluding carboxylic acids is 5. The fourth-order valence-corrected chi connectivity index (χ4v) is 8.81. The van der Waals surface area contributed by atoms with Crippen molar-refractivity contribution in [3.8, 4) is 0 Å². The summed E-state index contributed by atoms with van der Waals surface area (Å²) in [7, 11) is -4.83. The minimum Gasteiger partial charge on any atom is -0.458 e. The van der Waals surface area contributed by atoms with Gasteiger partial charge in [-0.15, -0.1) is 0 Å². The standard InChI is InChI=1S/C46H63N5O12S/c1-30-22-31(2)39(32(3)23-30)64(57,58)51(43(56)63-46(10,11)12)36(40(53)61-44(4,5)6)25-48-38(52)29-59-35-24-34(49(27-35)41(54)60-28-33-18-14-13-15-19-33)26-50(37-20-16-17-21-47-37)42(55)62-45(7,8)9/h13-23,34-36H,24-29H2,1-12H3,(H,48,52)/t34-,35+,36-/m0/s1. The summed E-state index contributed by atoms with van der Waals surface area (Å²) in [6, 6.07) is 14.8. The average Bonchev–Trinajstić information content (AvgIpc) is 3.57. The van der Waals surface area contributed by atoms with Gasteiger partial charge in [-0.2, -0.15) is 4.31 Å². The number of esters is 1. The summed E-state index contributed by atoms with van der Waals surface area (Å²) < 4.78 is 58.1. The number of nitrogens with zero attached hydrogens (tertiary/aromatic N) is 4. The number of nitrogens with one attached hydrogen (secondary N) is 1. The second-order valence-electron chi connectivity index (χ2n) is 18.7. The molecule has 1 N–H and O–H groups in total. The lowest BCUT2D eigenvalue weighted by molar-refractivity contribution is -0.159. The van der Waals surface area contributed by atoms with Gasteiger partial charge in [-0.25, -0.2) is 32.6 Å². The number of aryl methyl sites for hydroxylation is 3. The molecule has 0 unspecified atom stereocenters. The first-order valence-corrected chi connectivity index (χ1v) is 22.4. The Kier molecular flexibility index (Phi) is 16.6. The Morgan fingerprint density at radius 2 is 1.39 bits per heavy atom. The summed E-state index contributed by atoms with van der Waals surface area (Å²) in [6.45, 7) is 18.1. The molecule has 1 aliphatic heterocycles. The molecule has 1 aliphatic rings. The van der Waals surface area contributed by atoms with Gasteiger partial charge >= 0.3 is 24.2 Å². The Hall–Kier alpha value is -5.75. The van der Waals surface area contributed by atoms with E-state index in [1.54, 1.807) is 113 Å². The van der Waals surface area contributed by atoms with E-state index in [4.69, 9.17) is 23.7 Å². The summed E-state index contributed by atoms with van der Waals surface area (Å²) in [4.78, 5) is 75.6. The molecule has 0 spiro atoms. The van der Waals surface area contributed by atoms with Crippen molar-refractivity contribution in [2.24, 2.45) is 0 Å². The van der Waals surface area contributed by atoms with E-state index in [-0.39, 0.29) is 36.8 Å². The zero-order chi connectivity index (χ0) is 47.8. The molecule has 2 heterocycles. The predicted molar refractivity (Wildman–Crippen MR) is 238 cm³/mol. The number of benzene rings is 2. The molecule has 4 amide bonds. The van der Waals surface area contributed by atoms with Crippen molar-refractivity contribution in [2.75, 3.05) is 31.1 Å². The quantitative estimate of drug-likeness (QED) is 0.128. The van der Waals surface area contributed by atoms with Gasteiger partial charge in [0.1, 0.15) is 35.8 Å². The number of likely N-dealkylation sites (tertiary alicyclic amines) is 1. The SMILES string of the molecule is Cc1cc(C)c(S(=O)(=O)N(C(=O)OC(C)(C)C)[C@@H](CNC(=O)CO[C@@H]2C[C@@H](CN(C(=O)OC(C)(C)C)c3ccccn3)N(C(=O)OCc3ccccc3)C2)C(=O)OC(C)(C)C)c(C)c1. The Morgan fingerprint density at radius 1 is 0.812 bits per heavy atom. The van der Waals surface area contributed by atoms with Crippen molar-refractivity contribution < 1.29 is 56.1 Å². The van der Waals surface area contributed by atoms with E-state index in [1.165, 1.54) is 16.0 Å². The van der Waals surface area contributed by atoms with Crippen molar-refractivity contribution in [1.82, 2.24) is 19.5 Å². The maximum atomic E-state index is 14.6. The van der Waals surface area contributed by atoms with Crippen LogP contribution in [0, 0.1) is 20.8 Å². The van der Waals surface area contributed by atoms with Crippen molar-refractivity contribution in [1.29, 1.82) is 0 Å². The molecular weight excluding hydrogens is 847 g/mol. The highest BCUT2D eigenvalue weighted by Crippen LogP contribution is 2.30. The van der Waals surface area contributed by atoms with Gasteiger partial charge in [-0.1, -0.05) is 54.1 Å². The number of hydrogen-bond donors (Lipinski definition) is 1. The average molecular weight is 910 g/mol. The van der Waals surface area contributed by atoms with Crippen LogP contribution in [0.4, 0.5) is 20.2 Å². The maximum Gasteiger partial charge on any atom is 0.425 e. The third-order valence-electron chi connectivity index (χ3n) is 9.35. The highest BCUT2D eigenvalue weighted by molar-refractivity contribution is 7.89. The first kappa shape index (κ1) is 50.9. The van der Waals surface area contributed by atoms with Crippen LogP contribution in [-0.4, -0.2) is 114 Å². The molecule has 18 heteroatoms. The predicted octanol–water partition coefficient (Wildman–Crippen LogP) is 7.00. The van der Waals surface area contributed by atoms with Crippen LogP contribution in [0.1, 0.15) is 91.0 Å². The third-order valence-corrected chi connectivity index (χ3v) is 11.4. The van der Waals surface area contributed by atoms with E-state index < -0.39 is 88.3 Å². The van der Waals surface area contributed by atoms with E-state index in [0.717, 1.165) is 11.1 Å². The molecule has 0 radical (unpaired) electrons. The van der Waals surface area contributed by atoms with Gasteiger partial charge in [0.15, 0.2) is 6.04 Å². The molecule has 1 fully saturated rings. The van der Waals surface area contributed by atoms with Crippen LogP contribution in [-0.2, 0) is 49.9 Å². The van der Waals surface area contributed by atoms with Crippen molar-refractivity contribution >= 4 is 46.0 Å². The number of rotatable bonds is 14. The third kappa shape index (κ3) is 14.7. The molecule has 3 aromatic rings. The van der Waals surface area contributed by atoms with Crippen molar-refractivity contribution in [3.63, 3.8) is 0 Å². The van der Waals surface area contributed by atoms with E-state index in [2.05, 4.69) is 10.3 Å². The minimum atomic E-state index is -4.83. The van der Waals surface area contributed by atoms with Gasteiger partial charge in [-0.3, -0.25) is 9.69 Å². The van der Waals surface area contributed by atoms with Crippen LogP contribution >= 0.6 is 0 Å². The van der Waals surface area contributed by atoms with E-state index in [0.29, 0.717) is 15.4 Å². The van der Waals surface area contributed by atoms with Gasteiger partial charge in [0.2, 0.25) is 5.91 Å². The molecule has 64 heavy (non-hydrogen) atoms. The van der Waals surface area contributed by atoms with Gasteiger partial charge in [0.05, 0.1) is 36.7 Å². The van der Waals surface area contributed by atoms with E-state index >= 15 is 0 Å². The molecular formula is C46H63N5O12S. The molecule has 4 rings (SSSR count). The molecule has 350 valence electrons. The van der Waals surface area contributed by atoms with Crippen LogP contribution < -0.4 is 10.2 Å². The summed E-state index contributed by atoms with van der Waals surface area (Å²) in [5, 5.41) is 2.55. The normalized spacial score (nSPS) is 16.0. The summed E-state index contributed by atoms with van der Waals surface area (Å²) in [6.07, 6.45) is -1.80. The Bertz CT molecular complexity index is 2210. The van der Waals surface area contributed by atoms with Crippen LogP contribution in [0.5, 0.6) is 0 Å². The van der Waals surface area contributed by atoms with Crippen LogP contribution in [0.2, 0.25) is 0 Å². The second kappa shape index (κ2) is 20.8. The number of ether oxygens (including phenoxy) is 5. The highest BCUT2D eigenvalue weighted by atomic mass is 32.2. The van der Waals surface area contributed by atoms with Crippen LogP contribution in [0.15, 0.2) is 71.8 Å². The minimum absolute atomic E-state index is 0.0231. The number of aromatic nitrogens is 1. The molecule has 0 bridgehead atoms. The lowest BCUT2D eigenvalue weighted by Gasteiger charge is -2.34. The molecule has 17 nitrogen and oxygen atoms in total. The number of anilines is 1. The fraction of sp³-hybridized carbons (Fsp3) is 0.522. The number of sulfonamides is 1. The van der Waals surface area contributed by atoms with Crippen LogP contribution in [0.25, 0.3) is 0 Å². The summed E-state index contributed by atoms with van der Waals surface area (Å²) in [5.74, 6) is -1.60. The summed E-state index contributed by atoms with van der Waals surface area (Å²) >= 11 is 0. The zero-order valence-electron chi connectivity index (χ0n) is 38.9. The lowest BCUT2D eigenvalue weighted by Crippen LogP contribution is -2.56. The molecule has 1 aromatic heterocycles. The zero-order valence-corrected chi connectivity index (χ0v) is 39.7. The number of hydrogen-bond acceptors (Lipinski definition) is 13. The lowest BCUT2D eigenvalue weighted by atomic mass is 10.1. The smallest absolute Gasteiger partial charge is 0.425 e. The first-order chi connectivity index (χ1) is 29.6. The Labute approximate surface area is 376 Å². The van der Waals surface area contributed by atoms with Crippen molar-refractivity contribution in [2.45, 2.75) is 136 Å². The topological polar surface area (TPSA) is 200 Å². The number of carbonyl (C=O) groups is 5. The Morgan fingerprint density at radius 3 is 1.95 bits per heavy atom. The van der Waals surface area contributed by atoms with Crippen molar-refractivity contribution in [3.05, 3.63) is 89.1 Å². The van der Waals surface area contributed by atoms with Gasteiger partial charge in [0, 0.05) is 6.20 Å². The fourth-order valence-electron chi connectivity index (χ4n) is 6.95. The second-order valence-corrected chi connectivity index (χ2v) is 20.4. The molecule has 1 saturated heterocycles. The first-order valence-electron chi connectivity index (χ1n) is 21.0. The molecule has 3 atom stereocenters. The molecule has 0 saturated carbocycles. The monoisotopic (exact) mass is 909 g/mol. The van der Waals surface area contributed by atoms with Gasteiger partial charge in [0.25, 0.3) is 10.0 Å². The van der Waals surface area contributed by atoms with E-state index in [9.17, 15) is 32.4 Å². The molecule has 0 aliphatic carbocycles. The number of amides is 4. The van der Waals surface area contributed by atoms with Gasteiger partial charge < -0.3 is 33.9 Å². The highest BCUT2D eigenvalue weighted by Gasteiger charge is 2.46. The maximum absolute atomic E-state index is 14.6. The summed E-state index contributed by atoms with van der Waals surface area (Å²) in [5.41, 5.74) is -0.954. The van der Waals surface area contributed by atoms with Crippen LogP contribution in [0.3, 0.4) is 0 Å². The number of pyridine rings is 1. The largest absolute Gasteiger partial charge is 0.458 e. The Balaban J connectivity index is 1.60. The van der Waals surface area contributed by atoms with Gasteiger partial charge in [-0.05, 0) is 118 Å². The van der Waals surface area contributed by atoms with E-state index in [1.807, 2.05) is 30.3 Å². The molecule has 2 aromatic carbocycles.